The molecule has 4 aromatic heterocycles. The van der Waals surface area contributed by atoms with Gasteiger partial charge in [0, 0.05) is 63.9 Å². The minimum Gasteiger partial charge on any atom is -0.367 e. The van der Waals surface area contributed by atoms with Crippen molar-refractivity contribution in [1.82, 2.24) is 19.1 Å². The second kappa shape index (κ2) is 12.4. The van der Waals surface area contributed by atoms with Gasteiger partial charge in [-0.2, -0.15) is 0 Å². The molecule has 2 atom stereocenters. The van der Waals surface area contributed by atoms with Gasteiger partial charge in [0.15, 0.2) is 0 Å². The molecule has 270 valence electrons. The summed E-state index contributed by atoms with van der Waals surface area (Å²) in [5.74, 6) is 1.51. The minimum atomic E-state index is -0.358. The second-order valence-corrected chi connectivity index (χ2v) is 15.4. The van der Waals surface area contributed by atoms with Crippen molar-refractivity contribution in [2.45, 2.75) is 11.3 Å². The lowest BCUT2D eigenvalue weighted by molar-refractivity contribution is 0.457. The Hall–Kier alpha value is -7.24. The first-order valence-electron chi connectivity index (χ1n) is 19.8. The number of fused-ring (bicyclic) bond motifs is 10. The average molecular weight is 732 g/mol. The topological polar surface area (TPSA) is 47.7 Å². The minimum absolute atomic E-state index is 0.188. The van der Waals surface area contributed by atoms with Gasteiger partial charge < -0.3 is 9.88 Å². The van der Waals surface area contributed by atoms with Crippen molar-refractivity contribution in [1.29, 1.82) is 0 Å². The van der Waals surface area contributed by atoms with E-state index in [0.717, 1.165) is 34.8 Å². The summed E-state index contributed by atoms with van der Waals surface area (Å²) in [6, 6.07) is 49.3. The molecular formula is C52H37N5. The predicted molar refractivity (Wildman–Crippen MR) is 233 cm³/mol. The molecule has 0 bridgehead atoms. The smallest absolute Gasteiger partial charge is 0.119 e. The maximum atomic E-state index is 4.67. The Balaban J connectivity index is 1.02. The Morgan fingerprint density at radius 3 is 1.88 bits per heavy atom. The van der Waals surface area contributed by atoms with E-state index in [1.54, 1.807) is 0 Å². The molecule has 0 amide bonds. The van der Waals surface area contributed by atoms with Gasteiger partial charge in [0.05, 0.1) is 34.4 Å². The molecule has 12 rings (SSSR count). The summed E-state index contributed by atoms with van der Waals surface area (Å²) in [5.41, 5.74) is 14.3. The van der Waals surface area contributed by atoms with Crippen LogP contribution >= 0.6 is 0 Å². The summed E-state index contributed by atoms with van der Waals surface area (Å²) in [6.45, 7) is 0.807. The molecule has 5 heterocycles. The molecule has 5 nitrogen and oxygen atoms in total. The van der Waals surface area contributed by atoms with Gasteiger partial charge in [-0.1, -0.05) is 134 Å². The summed E-state index contributed by atoms with van der Waals surface area (Å²) < 4.78 is 4.75. The normalized spacial score (nSPS) is 17.5. The highest BCUT2D eigenvalue weighted by atomic mass is 15.1. The van der Waals surface area contributed by atoms with Crippen LogP contribution in [0, 0.1) is 5.92 Å². The summed E-state index contributed by atoms with van der Waals surface area (Å²) in [4.78, 5) is 9.14. The monoisotopic (exact) mass is 731 g/mol. The molecule has 0 spiro atoms. The Morgan fingerprint density at radius 2 is 1.19 bits per heavy atom. The fourth-order valence-corrected chi connectivity index (χ4v) is 10.4. The van der Waals surface area contributed by atoms with Gasteiger partial charge in [-0.25, -0.2) is 0 Å². The number of benzene rings is 5. The zero-order valence-corrected chi connectivity index (χ0v) is 31.1. The lowest BCUT2D eigenvalue weighted by Gasteiger charge is -2.38. The molecule has 5 aromatic carbocycles. The fourth-order valence-electron chi connectivity index (χ4n) is 10.4. The van der Waals surface area contributed by atoms with E-state index >= 15 is 0 Å². The third kappa shape index (κ3) is 4.51. The van der Waals surface area contributed by atoms with E-state index in [1.165, 1.54) is 60.6 Å². The highest BCUT2D eigenvalue weighted by Gasteiger charge is 2.54. The number of anilines is 1. The van der Waals surface area contributed by atoms with Gasteiger partial charge >= 0.3 is 0 Å². The Morgan fingerprint density at radius 1 is 0.579 bits per heavy atom. The van der Waals surface area contributed by atoms with E-state index in [-0.39, 0.29) is 17.3 Å². The largest absolute Gasteiger partial charge is 0.367 e. The van der Waals surface area contributed by atoms with Crippen molar-refractivity contribution < 1.29 is 0 Å². The van der Waals surface area contributed by atoms with Gasteiger partial charge in [0.2, 0.25) is 0 Å². The van der Waals surface area contributed by atoms with E-state index in [4.69, 9.17) is 0 Å². The van der Waals surface area contributed by atoms with Crippen LogP contribution in [-0.4, -0.2) is 25.6 Å². The van der Waals surface area contributed by atoms with Crippen LogP contribution in [0.5, 0.6) is 0 Å². The first-order chi connectivity index (χ1) is 28.3. The molecule has 0 saturated heterocycles. The maximum absolute atomic E-state index is 4.67. The van der Waals surface area contributed by atoms with E-state index in [2.05, 4.69) is 194 Å². The number of nitrogens with one attached hydrogen (secondary N) is 1. The van der Waals surface area contributed by atoms with Crippen LogP contribution < -0.4 is 5.32 Å². The molecular weight excluding hydrogens is 695 g/mol. The molecule has 3 aliphatic rings. The first-order valence-corrected chi connectivity index (χ1v) is 19.8. The van der Waals surface area contributed by atoms with Crippen molar-refractivity contribution in [2.24, 2.45) is 5.92 Å². The van der Waals surface area contributed by atoms with Crippen molar-refractivity contribution in [3.8, 4) is 22.5 Å². The zero-order chi connectivity index (χ0) is 37.5. The Kier molecular flexibility index (Phi) is 6.96. The standard InChI is InChI=1S/C52H37N5/c1-3-10-36(11-4-1)52(37-12-5-2-6-13-37)45-16-8-7-14-44(45)49-46(52)26-25-42-40-27-30-53-32-47(40)56(50(42)49)38-21-17-34(18-22-38)35-19-23-39(24-20-35)57-48-33-54-31-28-41(48)43-15-9-29-55-51(43)57/h1-28,30-33,44-45,55H,29H2. The molecule has 0 saturated carbocycles. The lowest BCUT2D eigenvalue weighted by Crippen LogP contribution is -2.34. The van der Waals surface area contributed by atoms with E-state index in [0.29, 0.717) is 0 Å². The SMILES string of the molecule is C1=CC2c3c(ccc4c5ccncc5n(-c5ccc(-c6ccc(-n7c8c(c9ccncc97)C=CCN8)cc6)cc5)c34)C(c3ccccc3)(c3ccccc3)C2C=C1. The highest BCUT2D eigenvalue weighted by molar-refractivity contribution is 6.11. The second-order valence-electron chi connectivity index (χ2n) is 15.4. The molecule has 57 heavy (non-hydrogen) atoms. The van der Waals surface area contributed by atoms with Crippen LogP contribution in [0.15, 0.2) is 189 Å². The van der Waals surface area contributed by atoms with Crippen LogP contribution in [0.3, 0.4) is 0 Å². The van der Waals surface area contributed by atoms with E-state index in [1.807, 2.05) is 24.8 Å². The molecule has 2 unspecified atom stereocenters. The van der Waals surface area contributed by atoms with E-state index < -0.39 is 0 Å². The summed E-state index contributed by atoms with van der Waals surface area (Å²) in [5, 5.41) is 7.26. The number of pyridine rings is 2. The number of rotatable bonds is 5. The summed E-state index contributed by atoms with van der Waals surface area (Å²) in [7, 11) is 0. The predicted octanol–water partition coefficient (Wildman–Crippen LogP) is 11.8. The number of hydrogen-bond donors (Lipinski definition) is 1. The van der Waals surface area contributed by atoms with Gasteiger partial charge in [-0.15, -0.1) is 0 Å². The van der Waals surface area contributed by atoms with Gasteiger partial charge in [0.1, 0.15) is 5.82 Å². The Bertz CT molecular complexity index is 3070. The van der Waals surface area contributed by atoms with Crippen molar-refractivity contribution in [3.05, 3.63) is 216 Å². The van der Waals surface area contributed by atoms with Crippen LogP contribution in [0.25, 0.3) is 61.3 Å². The molecule has 0 fully saturated rings. The molecule has 1 aliphatic heterocycles. The van der Waals surface area contributed by atoms with E-state index in [9.17, 15) is 0 Å². The fraction of sp³-hybridized carbons (Fsp3) is 0.0769. The average Bonchev–Trinajstić information content (AvgIpc) is 3.92. The molecule has 0 radical (unpaired) electrons. The molecule has 9 aromatic rings. The zero-order valence-electron chi connectivity index (χ0n) is 31.1. The van der Waals surface area contributed by atoms with Crippen molar-refractivity contribution >= 4 is 44.6 Å². The number of hydrogen-bond acceptors (Lipinski definition) is 3. The molecule has 2 aliphatic carbocycles. The van der Waals surface area contributed by atoms with Crippen LogP contribution in [0.1, 0.15) is 33.7 Å². The number of allylic oxidation sites excluding steroid dienone is 4. The van der Waals surface area contributed by atoms with Gasteiger partial charge in [0.25, 0.3) is 0 Å². The molecule has 5 heteroatoms. The Labute approximate surface area is 330 Å². The van der Waals surface area contributed by atoms with Crippen molar-refractivity contribution in [3.63, 3.8) is 0 Å². The van der Waals surface area contributed by atoms with Gasteiger partial charge in [-0.3, -0.25) is 14.5 Å². The number of nitrogens with zero attached hydrogens (tertiary/aromatic N) is 4. The number of aromatic nitrogens is 4. The first kappa shape index (κ1) is 32.0. The van der Waals surface area contributed by atoms with Crippen LogP contribution in [0.2, 0.25) is 0 Å². The third-order valence-electron chi connectivity index (χ3n) is 12.7. The van der Waals surface area contributed by atoms with Crippen molar-refractivity contribution in [2.75, 3.05) is 11.9 Å². The maximum Gasteiger partial charge on any atom is 0.119 e. The summed E-state index contributed by atoms with van der Waals surface area (Å²) in [6.07, 6.45) is 21.5. The lowest BCUT2D eigenvalue weighted by atomic mass is 9.63. The van der Waals surface area contributed by atoms with Crippen LogP contribution in [0.4, 0.5) is 5.82 Å². The summed E-state index contributed by atoms with van der Waals surface area (Å²) >= 11 is 0. The van der Waals surface area contributed by atoms with Gasteiger partial charge in [-0.05, 0) is 69.8 Å². The highest BCUT2D eigenvalue weighted by Crippen LogP contribution is 2.61. The third-order valence-corrected chi connectivity index (χ3v) is 12.7. The molecule has 1 N–H and O–H groups in total. The quantitative estimate of drug-likeness (QED) is 0.192. The van der Waals surface area contributed by atoms with Crippen LogP contribution in [-0.2, 0) is 5.41 Å².